The van der Waals surface area contributed by atoms with E-state index in [1.807, 2.05) is 6.07 Å². The Hall–Kier alpha value is -8.98. The molecular weight excluding hydrogens is 835 g/mol. The minimum absolute atomic E-state index is 0.457. The van der Waals surface area contributed by atoms with Crippen LogP contribution in [0.5, 0.6) is 0 Å². The third-order valence-electron chi connectivity index (χ3n) is 15.3. The lowest BCUT2D eigenvalue weighted by Gasteiger charge is -2.32. The molecular formula is C67H41NO. The zero-order valence-electron chi connectivity index (χ0n) is 37.5. The average Bonchev–Trinajstić information content (AvgIpc) is 4.06. The van der Waals surface area contributed by atoms with Gasteiger partial charge in [0.25, 0.3) is 0 Å². The number of benzene rings is 12. The monoisotopic (exact) mass is 875 g/mol. The maximum atomic E-state index is 6.49. The normalized spacial score (nSPS) is 13.0. The molecule has 0 radical (unpaired) electrons. The van der Waals surface area contributed by atoms with E-state index in [-0.39, 0.29) is 0 Å². The summed E-state index contributed by atoms with van der Waals surface area (Å²) in [4.78, 5) is 2.51. The summed E-state index contributed by atoms with van der Waals surface area (Å²) in [5.41, 5.74) is 19.7. The van der Waals surface area contributed by atoms with Crippen LogP contribution in [-0.2, 0) is 5.41 Å². The summed E-state index contributed by atoms with van der Waals surface area (Å²) in [6.07, 6.45) is 0. The van der Waals surface area contributed by atoms with E-state index in [0.717, 1.165) is 61.3 Å². The van der Waals surface area contributed by atoms with Crippen molar-refractivity contribution in [3.8, 4) is 44.5 Å². The Morgan fingerprint density at radius 1 is 0.290 bits per heavy atom. The Morgan fingerprint density at radius 2 is 0.783 bits per heavy atom. The fraction of sp³-hybridized carbons (Fsp3) is 0.0149. The van der Waals surface area contributed by atoms with Gasteiger partial charge in [-0.1, -0.05) is 206 Å². The van der Waals surface area contributed by atoms with Crippen LogP contribution in [0.25, 0.3) is 98.8 Å². The molecule has 0 fully saturated rings. The van der Waals surface area contributed by atoms with Gasteiger partial charge < -0.3 is 9.32 Å². The lowest BCUT2D eigenvalue weighted by atomic mass is 9.70. The SMILES string of the molecule is c1cc(-c2ccc(N(c3ccc4c5ccccc5c5ccccc5c4c3)c3cccc4c3-c3ccccc3C43c4ccccc4-c4ccccc43)cc2)cc(-c2cccc3c2oc2ccccc23)c1. The van der Waals surface area contributed by atoms with Gasteiger partial charge in [-0.25, -0.2) is 0 Å². The van der Waals surface area contributed by atoms with Crippen molar-refractivity contribution in [1.29, 1.82) is 0 Å². The van der Waals surface area contributed by atoms with Gasteiger partial charge in [-0.15, -0.1) is 0 Å². The molecule has 1 aromatic heterocycles. The van der Waals surface area contributed by atoms with Gasteiger partial charge in [0.15, 0.2) is 0 Å². The molecule has 2 aliphatic carbocycles. The zero-order valence-corrected chi connectivity index (χ0v) is 37.5. The number of fused-ring (bicyclic) bond motifs is 19. The Labute approximate surface area is 399 Å². The number of rotatable bonds is 5. The van der Waals surface area contributed by atoms with Crippen LogP contribution in [0.1, 0.15) is 22.3 Å². The molecule has 0 atom stereocenters. The first-order valence-electron chi connectivity index (χ1n) is 23.9. The van der Waals surface area contributed by atoms with Crippen molar-refractivity contribution in [2.24, 2.45) is 0 Å². The zero-order chi connectivity index (χ0) is 45.2. The molecule has 0 bridgehead atoms. The molecule has 0 unspecified atom stereocenters. The van der Waals surface area contributed by atoms with Crippen molar-refractivity contribution in [1.82, 2.24) is 0 Å². The summed E-state index contributed by atoms with van der Waals surface area (Å²) in [7, 11) is 0. The van der Waals surface area contributed by atoms with Crippen LogP contribution >= 0.6 is 0 Å². The fourth-order valence-corrected chi connectivity index (χ4v) is 12.4. The Balaban J connectivity index is 0.945. The molecule has 0 saturated heterocycles. The second kappa shape index (κ2) is 14.5. The maximum absolute atomic E-state index is 6.49. The number of hydrogen-bond donors (Lipinski definition) is 0. The van der Waals surface area contributed by atoms with Gasteiger partial charge in [-0.2, -0.15) is 0 Å². The highest BCUT2D eigenvalue weighted by atomic mass is 16.3. The van der Waals surface area contributed by atoms with Crippen LogP contribution in [-0.4, -0.2) is 0 Å². The minimum Gasteiger partial charge on any atom is -0.455 e. The molecule has 69 heavy (non-hydrogen) atoms. The van der Waals surface area contributed by atoms with E-state index < -0.39 is 5.41 Å². The molecule has 13 aromatic rings. The third-order valence-corrected chi connectivity index (χ3v) is 15.3. The first-order chi connectivity index (χ1) is 34.2. The minimum atomic E-state index is -0.457. The summed E-state index contributed by atoms with van der Waals surface area (Å²) in [5, 5.41) is 9.83. The molecule has 15 rings (SSSR count). The molecule has 0 N–H and O–H groups in total. The van der Waals surface area contributed by atoms with E-state index in [1.165, 1.54) is 76.8 Å². The number of nitrogens with zero attached hydrogens (tertiary/aromatic N) is 1. The summed E-state index contributed by atoms with van der Waals surface area (Å²) < 4.78 is 6.49. The van der Waals surface area contributed by atoms with Gasteiger partial charge in [0.05, 0.1) is 11.1 Å². The number of furan rings is 1. The number of para-hydroxylation sites is 2. The quantitative estimate of drug-likeness (QED) is 0.160. The predicted molar refractivity (Wildman–Crippen MR) is 288 cm³/mol. The smallest absolute Gasteiger partial charge is 0.143 e. The molecule has 1 spiro atoms. The van der Waals surface area contributed by atoms with E-state index in [0.29, 0.717) is 0 Å². The average molecular weight is 876 g/mol. The van der Waals surface area contributed by atoms with Crippen molar-refractivity contribution in [2.75, 3.05) is 4.90 Å². The van der Waals surface area contributed by atoms with Gasteiger partial charge in [0, 0.05) is 33.3 Å². The second-order valence-corrected chi connectivity index (χ2v) is 18.7. The highest BCUT2D eigenvalue weighted by molar-refractivity contribution is 6.26. The highest BCUT2D eigenvalue weighted by Crippen LogP contribution is 2.64. The number of anilines is 3. The lowest BCUT2D eigenvalue weighted by molar-refractivity contribution is 0.670. The predicted octanol–water partition coefficient (Wildman–Crippen LogP) is 18.2. The van der Waals surface area contributed by atoms with Crippen molar-refractivity contribution >= 4 is 71.3 Å². The van der Waals surface area contributed by atoms with Gasteiger partial charge in [-0.05, 0) is 130 Å². The lowest BCUT2D eigenvalue weighted by Crippen LogP contribution is -2.26. The standard InChI is InChI=1S/C67H41NO/c1-2-20-50-48(18-1)49-19-3-4-21-51(49)58-41-46(38-39-52(50)58)68(45-36-34-42(35-37-45)43-16-13-17-44(40-43)47-26-14-27-56-55-24-8-12-33-64(55)69-66(47)56)63-32-15-31-62-65(63)57-25-7-11-30-61(57)67(62)59-28-9-5-22-53(59)54-23-6-10-29-60(54)67/h1-41H. The summed E-state index contributed by atoms with van der Waals surface area (Å²) >= 11 is 0. The Kier molecular flexibility index (Phi) is 8.02. The van der Waals surface area contributed by atoms with E-state index in [2.05, 4.69) is 248 Å². The molecule has 12 aromatic carbocycles. The molecule has 0 aliphatic heterocycles. The van der Waals surface area contributed by atoms with E-state index in [1.54, 1.807) is 0 Å². The van der Waals surface area contributed by atoms with Crippen LogP contribution in [0.2, 0.25) is 0 Å². The van der Waals surface area contributed by atoms with Gasteiger partial charge in [0.1, 0.15) is 11.2 Å². The summed E-state index contributed by atoms with van der Waals surface area (Å²) in [6.45, 7) is 0. The molecule has 1 heterocycles. The van der Waals surface area contributed by atoms with Crippen molar-refractivity contribution in [3.63, 3.8) is 0 Å². The second-order valence-electron chi connectivity index (χ2n) is 18.7. The van der Waals surface area contributed by atoms with Gasteiger partial charge in [-0.3, -0.25) is 0 Å². The first kappa shape index (κ1) is 38.2. The van der Waals surface area contributed by atoms with Crippen LogP contribution in [0.4, 0.5) is 17.1 Å². The largest absolute Gasteiger partial charge is 0.455 e. The molecule has 320 valence electrons. The van der Waals surface area contributed by atoms with Crippen molar-refractivity contribution < 1.29 is 4.42 Å². The van der Waals surface area contributed by atoms with Crippen LogP contribution in [0, 0.1) is 0 Å². The van der Waals surface area contributed by atoms with Crippen molar-refractivity contribution in [2.45, 2.75) is 5.41 Å². The third kappa shape index (κ3) is 5.31. The molecule has 0 saturated carbocycles. The number of hydrogen-bond acceptors (Lipinski definition) is 2. The van der Waals surface area contributed by atoms with Crippen LogP contribution in [0.3, 0.4) is 0 Å². The first-order valence-corrected chi connectivity index (χ1v) is 23.9. The van der Waals surface area contributed by atoms with E-state index >= 15 is 0 Å². The molecule has 2 aliphatic rings. The van der Waals surface area contributed by atoms with Gasteiger partial charge in [0.2, 0.25) is 0 Å². The molecule has 2 nitrogen and oxygen atoms in total. The fourth-order valence-electron chi connectivity index (χ4n) is 12.4. The topological polar surface area (TPSA) is 16.4 Å². The van der Waals surface area contributed by atoms with Crippen LogP contribution in [0.15, 0.2) is 253 Å². The Morgan fingerprint density at radius 3 is 1.49 bits per heavy atom. The molecule has 2 heteroatoms. The summed E-state index contributed by atoms with van der Waals surface area (Å²) in [5.74, 6) is 0. The summed E-state index contributed by atoms with van der Waals surface area (Å²) in [6, 6.07) is 91.9. The maximum Gasteiger partial charge on any atom is 0.143 e. The Bertz CT molecular complexity index is 4190. The van der Waals surface area contributed by atoms with E-state index in [9.17, 15) is 0 Å². The van der Waals surface area contributed by atoms with E-state index in [4.69, 9.17) is 4.42 Å². The van der Waals surface area contributed by atoms with Gasteiger partial charge >= 0.3 is 0 Å². The highest BCUT2D eigenvalue weighted by Gasteiger charge is 2.52. The van der Waals surface area contributed by atoms with Crippen molar-refractivity contribution in [3.05, 3.63) is 271 Å². The molecule has 0 amide bonds. The van der Waals surface area contributed by atoms with Crippen LogP contribution < -0.4 is 4.90 Å².